The van der Waals surface area contributed by atoms with E-state index in [4.69, 9.17) is 30.6 Å². The Bertz CT molecular complexity index is 73.7. The van der Waals surface area contributed by atoms with Crippen LogP contribution in [0.4, 0.5) is 0 Å². The molecule has 0 spiro atoms. The second-order valence-corrected chi connectivity index (χ2v) is 0.447. The van der Waals surface area contributed by atoms with Gasteiger partial charge in [-0.25, -0.2) is 0 Å². The van der Waals surface area contributed by atoms with Crippen LogP contribution < -0.4 is 29.6 Å². The summed E-state index contributed by atoms with van der Waals surface area (Å²) >= 11 is 0. The van der Waals surface area contributed by atoms with Crippen LogP contribution in [0, 0.1) is 66.2 Å². The van der Waals surface area contributed by atoms with E-state index in [1.807, 2.05) is 0 Å². The van der Waals surface area contributed by atoms with Crippen molar-refractivity contribution in [2.75, 3.05) is 0 Å². The Morgan fingerprint density at radius 2 is 0.800 bits per heavy atom. The first kappa shape index (κ1) is 22.4. The van der Waals surface area contributed by atoms with E-state index in [0.717, 1.165) is 0 Å². The van der Waals surface area contributed by atoms with E-state index in [9.17, 15) is 0 Å². The second kappa shape index (κ2) is 16.3. The van der Waals surface area contributed by atoms with Gasteiger partial charge in [-0.3, -0.25) is 0 Å². The minimum atomic E-state index is -1.75. The molecule has 0 saturated heterocycles. The first-order valence-corrected chi connectivity index (χ1v) is 1.10. The van der Waals surface area contributed by atoms with Gasteiger partial charge in [-0.05, 0) is 0 Å². The van der Waals surface area contributed by atoms with Gasteiger partial charge in [0.15, 0.2) is 0 Å². The summed E-state index contributed by atoms with van der Waals surface area (Å²) in [6.45, 7) is 0. The summed E-state index contributed by atoms with van der Waals surface area (Å²) in [7, 11) is 0. The van der Waals surface area contributed by atoms with Crippen molar-refractivity contribution in [2.24, 2.45) is 0 Å². The molecule has 48 valence electrons. The van der Waals surface area contributed by atoms with E-state index in [2.05, 4.69) is 0 Å². The summed E-state index contributed by atoms with van der Waals surface area (Å²) in [6, 6.07) is 0. The molecular formula is LaN2NaO6+2. The van der Waals surface area contributed by atoms with Gasteiger partial charge in [0.2, 0.25) is 0 Å². The van der Waals surface area contributed by atoms with Gasteiger partial charge in [0.25, 0.3) is 0 Å². The molecule has 0 radical (unpaired) electrons. The molecule has 10 heteroatoms. The third-order valence-electron chi connectivity index (χ3n) is 0. The Morgan fingerprint density at radius 3 is 0.800 bits per heavy atom. The normalized spacial score (nSPS) is 4.80. The van der Waals surface area contributed by atoms with Gasteiger partial charge in [-0.15, -0.1) is 0 Å². The van der Waals surface area contributed by atoms with Crippen molar-refractivity contribution in [3.05, 3.63) is 30.6 Å². The Morgan fingerprint density at radius 1 is 0.800 bits per heavy atom. The Hall–Kier alpha value is 0.595. The molecule has 10 heavy (non-hydrogen) atoms. The minimum absolute atomic E-state index is 0. The van der Waals surface area contributed by atoms with Crippen LogP contribution >= 0.6 is 0 Å². The van der Waals surface area contributed by atoms with Crippen LogP contribution in [-0.4, -0.2) is 10.2 Å². The molecule has 0 aliphatic carbocycles. The molecule has 0 fully saturated rings. The third-order valence-corrected chi connectivity index (χ3v) is 0. The number of hydrogen-bond acceptors (Lipinski definition) is 6. The molecule has 0 saturated carbocycles. The van der Waals surface area contributed by atoms with Crippen molar-refractivity contribution in [1.29, 1.82) is 0 Å². The van der Waals surface area contributed by atoms with Crippen LogP contribution in [0.25, 0.3) is 0 Å². The zero-order chi connectivity index (χ0) is 7.15. The van der Waals surface area contributed by atoms with E-state index in [0.29, 0.717) is 0 Å². The molecule has 0 rings (SSSR count). The van der Waals surface area contributed by atoms with Crippen LogP contribution in [0.2, 0.25) is 0 Å². The minimum Gasteiger partial charge on any atom is -0.356 e. The van der Waals surface area contributed by atoms with Gasteiger partial charge in [-0.2, -0.15) is 0 Å². The molecule has 0 atom stereocenters. The molecule has 0 bridgehead atoms. The molecule has 0 heterocycles. The second-order valence-electron chi connectivity index (χ2n) is 0.447. The molecule has 0 unspecified atom stereocenters. The zero-order valence-electron chi connectivity index (χ0n) is 4.92. The average Bonchev–Trinajstić information content (AvgIpc) is 1.25. The predicted molar refractivity (Wildman–Crippen MR) is 20.7 cm³/mol. The maximum Gasteiger partial charge on any atom is 3.00 e. The Kier molecular flexibility index (Phi) is 36.5. The molecule has 0 amide bonds. The first-order chi connectivity index (χ1) is 3.46. The van der Waals surface area contributed by atoms with Gasteiger partial charge >= 0.3 is 65.2 Å². The van der Waals surface area contributed by atoms with Crippen LogP contribution in [-0.2, 0) is 0 Å². The van der Waals surface area contributed by atoms with Crippen molar-refractivity contribution in [1.82, 2.24) is 0 Å². The van der Waals surface area contributed by atoms with Crippen molar-refractivity contribution in [3.63, 3.8) is 0 Å². The summed E-state index contributed by atoms with van der Waals surface area (Å²) < 4.78 is 0. The van der Waals surface area contributed by atoms with Gasteiger partial charge in [0.05, 0.1) is 10.2 Å². The van der Waals surface area contributed by atoms with Crippen LogP contribution in [0.3, 0.4) is 0 Å². The molecule has 0 aromatic heterocycles. The number of hydrogen-bond donors (Lipinski definition) is 0. The molecule has 0 aromatic carbocycles. The predicted octanol–water partition coefficient (Wildman–Crippen LogP) is -3.47. The standard InChI is InChI=1S/La.2NO3.Na/c;2*2-1(3)4;/q+3;2*-1;+1. The Labute approximate surface area is 105 Å². The van der Waals surface area contributed by atoms with Crippen LogP contribution in [0.15, 0.2) is 0 Å². The van der Waals surface area contributed by atoms with Crippen LogP contribution in [0.5, 0.6) is 0 Å². The zero-order valence-corrected chi connectivity index (χ0v) is 10.5. The fourth-order valence-corrected chi connectivity index (χ4v) is 0. The fourth-order valence-electron chi connectivity index (χ4n) is 0. The van der Waals surface area contributed by atoms with Gasteiger partial charge in [-0.1, -0.05) is 0 Å². The van der Waals surface area contributed by atoms with Crippen LogP contribution in [0.1, 0.15) is 0 Å². The summed E-state index contributed by atoms with van der Waals surface area (Å²) in [4.78, 5) is 16.5. The van der Waals surface area contributed by atoms with Crippen molar-refractivity contribution >= 4 is 0 Å². The molecule has 0 aliphatic rings. The van der Waals surface area contributed by atoms with E-state index < -0.39 is 10.2 Å². The van der Waals surface area contributed by atoms with Gasteiger partial charge < -0.3 is 30.6 Å². The van der Waals surface area contributed by atoms with E-state index in [1.54, 1.807) is 0 Å². The van der Waals surface area contributed by atoms with Crippen molar-refractivity contribution in [3.8, 4) is 0 Å². The number of rotatable bonds is 0. The van der Waals surface area contributed by atoms with Crippen molar-refractivity contribution in [2.45, 2.75) is 0 Å². The maximum atomic E-state index is 8.25. The van der Waals surface area contributed by atoms with E-state index in [-0.39, 0.29) is 65.2 Å². The average molecular weight is 286 g/mol. The SMILES string of the molecule is O=[N+]([O-])[O-].O=[N+]([O-])[O-].[La+3].[Na+]. The molecule has 8 nitrogen and oxygen atoms in total. The smallest absolute Gasteiger partial charge is 0.356 e. The summed E-state index contributed by atoms with van der Waals surface area (Å²) in [6.07, 6.45) is 0. The largest absolute Gasteiger partial charge is 3.00 e. The van der Waals surface area contributed by atoms with E-state index >= 15 is 0 Å². The Balaban J connectivity index is -0.0000000300. The quantitative estimate of drug-likeness (QED) is 0.258. The number of nitrogens with zero attached hydrogens (tertiary/aromatic N) is 2. The van der Waals surface area contributed by atoms with E-state index in [1.165, 1.54) is 0 Å². The summed E-state index contributed by atoms with van der Waals surface area (Å²) in [5.74, 6) is 0. The third kappa shape index (κ3) is 1400. The maximum absolute atomic E-state index is 8.25. The summed E-state index contributed by atoms with van der Waals surface area (Å²) in [5.41, 5.74) is 0. The van der Waals surface area contributed by atoms with Crippen molar-refractivity contribution < 1.29 is 75.3 Å². The fraction of sp³-hybridized carbons (Fsp3) is 0. The molecule has 0 N–H and O–H groups in total. The molecule has 0 aliphatic heterocycles. The van der Waals surface area contributed by atoms with Gasteiger partial charge in [0.1, 0.15) is 0 Å². The first-order valence-electron chi connectivity index (χ1n) is 1.10. The monoisotopic (exact) mass is 286 g/mol. The van der Waals surface area contributed by atoms with Gasteiger partial charge in [0, 0.05) is 0 Å². The summed E-state index contributed by atoms with van der Waals surface area (Å²) in [5, 5.41) is 29.5. The molecule has 0 aromatic rings. The topological polar surface area (TPSA) is 132 Å². The molecular weight excluding hydrogens is 286 g/mol.